The van der Waals surface area contributed by atoms with Gasteiger partial charge in [-0.3, -0.25) is 9.59 Å². The average molecular weight is 333 g/mol. The summed E-state index contributed by atoms with van der Waals surface area (Å²) in [4.78, 5) is 26.9. The van der Waals surface area contributed by atoms with Crippen LogP contribution < -0.4 is 11.1 Å². The van der Waals surface area contributed by atoms with E-state index in [0.29, 0.717) is 6.42 Å². The van der Waals surface area contributed by atoms with Crippen molar-refractivity contribution in [3.05, 3.63) is 35.9 Å². The van der Waals surface area contributed by atoms with Gasteiger partial charge in [0.05, 0.1) is 12.5 Å². The maximum absolute atomic E-state index is 12.8. The molecule has 0 saturated carbocycles. The molecule has 1 fully saturated rings. The van der Waals surface area contributed by atoms with Crippen molar-refractivity contribution < 1.29 is 14.3 Å². The van der Waals surface area contributed by atoms with Crippen LogP contribution in [0.2, 0.25) is 0 Å². The number of nitrogens with two attached hydrogens (primary N) is 1. The van der Waals surface area contributed by atoms with Crippen molar-refractivity contribution in [2.45, 2.75) is 37.8 Å². The van der Waals surface area contributed by atoms with E-state index < -0.39 is 6.04 Å². The highest BCUT2D eigenvalue weighted by Crippen LogP contribution is 2.12. The average Bonchev–Trinajstić information content (AvgIpc) is 3.14. The Morgan fingerprint density at radius 1 is 1.25 bits per heavy atom. The zero-order valence-electron chi connectivity index (χ0n) is 14.2. The van der Waals surface area contributed by atoms with Crippen molar-refractivity contribution in [3.63, 3.8) is 0 Å². The van der Waals surface area contributed by atoms with Gasteiger partial charge in [0.25, 0.3) is 0 Å². The Balaban J connectivity index is 2.04. The molecule has 2 amide bonds. The second-order valence-corrected chi connectivity index (χ2v) is 6.14. The summed E-state index contributed by atoms with van der Waals surface area (Å²) in [5.74, 6) is -0.216. The predicted molar refractivity (Wildman–Crippen MR) is 92.4 cm³/mol. The van der Waals surface area contributed by atoms with E-state index in [2.05, 4.69) is 5.32 Å². The van der Waals surface area contributed by atoms with Crippen LogP contribution in [-0.2, 0) is 20.7 Å². The Hall–Kier alpha value is -1.92. The van der Waals surface area contributed by atoms with E-state index in [1.807, 2.05) is 35.2 Å². The van der Waals surface area contributed by atoms with Crippen LogP contribution in [0.5, 0.6) is 0 Å². The van der Waals surface area contributed by atoms with Crippen molar-refractivity contribution in [1.82, 2.24) is 10.2 Å². The van der Waals surface area contributed by atoms with Gasteiger partial charge >= 0.3 is 0 Å². The first-order chi connectivity index (χ1) is 11.6. The van der Waals surface area contributed by atoms with Crippen molar-refractivity contribution in [2.75, 3.05) is 26.7 Å². The number of rotatable bonds is 8. The summed E-state index contributed by atoms with van der Waals surface area (Å²) >= 11 is 0. The zero-order chi connectivity index (χ0) is 17.4. The molecule has 0 radical (unpaired) electrons. The maximum Gasteiger partial charge on any atom is 0.245 e. The van der Waals surface area contributed by atoms with E-state index in [-0.39, 0.29) is 30.9 Å². The molecule has 0 aliphatic carbocycles. The first-order valence-electron chi connectivity index (χ1n) is 8.49. The number of amides is 2. The Bertz CT molecular complexity index is 526. The molecule has 1 aromatic carbocycles. The number of nitrogens with one attached hydrogen (secondary N) is 1. The van der Waals surface area contributed by atoms with Gasteiger partial charge in [-0.2, -0.15) is 0 Å². The molecule has 24 heavy (non-hydrogen) atoms. The van der Waals surface area contributed by atoms with Crippen LogP contribution in [0.25, 0.3) is 0 Å². The fourth-order valence-electron chi connectivity index (χ4n) is 2.93. The Kier molecular flexibility index (Phi) is 7.21. The van der Waals surface area contributed by atoms with Crippen LogP contribution >= 0.6 is 0 Å². The molecule has 1 saturated heterocycles. The number of ether oxygens (including phenoxy) is 1. The molecule has 2 unspecified atom stereocenters. The number of benzene rings is 1. The van der Waals surface area contributed by atoms with Crippen molar-refractivity contribution >= 4 is 11.8 Å². The van der Waals surface area contributed by atoms with Crippen LogP contribution in [0.3, 0.4) is 0 Å². The molecule has 2 atom stereocenters. The SMILES string of the molecule is COC(CN)CC(=O)NC(Cc1ccccc1)C(=O)N1CCCC1. The minimum absolute atomic E-state index is 0.00795. The number of hydrogen-bond donors (Lipinski definition) is 2. The molecule has 3 N–H and O–H groups in total. The minimum Gasteiger partial charge on any atom is -0.380 e. The summed E-state index contributed by atoms with van der Waals surface area (Å²) in [6.07, 6.45) is 2.37. The molecule has 6 nitrogen and oxygen atoms in total. The standard InChI is InChI=1S/C18H27N3O3/c1-24-15(13-19)12-17(22)20-16(11-14-7-3-2-4-8-14)18(23)21-9-5-6-10-21/h2-4,7-8,15-16H,5-6,9-13,19H2,1H3,(H,20,22). The van der Waals surface area contributed by atoms with Gasteiger partial charge < -0.3 is 20.7 Å². The maximum atomic E-state index is 12.8. The topological polar surface area (TPSA) is 84.7 Å². The highest BCUT2D eigenvalue weighted by atomic mass is 16.5. The Morgan fingerprint density at radius 3 is 2.50 bits per heavy atom. The number of carbonyl (C=O) groups is 2. The molecule has 6 heteroatoms. The summed E-state index contributed by atoms with van der Waals surface area (Å²) in [5.41, 5.74) is 6.59. The zero-order valence-corrected chi connectivity index (χ0v) is 14.2. The third kappa shape index (κ3) is 5.32. The monoisotopic (exact) mass is 333 g/mol. The number of hydrogen-bond acceptors (Lipinski definition) is 4. The van der Waals surface area contributed by atoms with Gasteiger partial charge in [-0.25, -0.2) is 0 Å². The van der Waals surface area contributed by atoms with Gasteiger partial charge in [-0.1, -0.05) is 30.3 Å². The lowest BCUT2D eigenvalue weighted by Crippen LogP contribution is -2.49. The third-order valence-electron chi connectivity index (χ3n) is 4.34. The Labute approximate surface area is 143 Å². The molecular formula is C18H27N3O3. The fourth-order valence-corrected chi connectivity index (χ4v) is 2.93. The quantitative estimate of drug-likeness (QED) is 0.733. The normalized spacial score (nSPS) is 16.7. The number of nitrogens with zero attached hydrogens (tertiary/aromatic N) is 1. The molecule has 0 aromatic heterocycles. The lowest BCUT2D eigenvalue weighted by atomic mass is 10.0. The van der Waals surface area contributed by atoms with E-state index in [1.54, 1.807) is 0 Å². The minimum atomic E-state index is -0.548. The lowest BCUT2D eigenvalue weighted by molar-refractivity contribution is -0.136. The van der Waals surface area contributed by atoms with Crippen LogP contribution in [0, 0.1) is 0 Å². The number of methoxy groups -OCH3 is 1. The molecule has 2 rings (SSSR count). The van der Waals surface area contributed by atoms with Gasteiger partial charge in [0, 0.05) is 33.2 Å². The van der Waals surface area contributed by atoms with E-state index in [9.17, 15) is 9.59 Å². The third-order valence-corrected chi connectivity index (χ3v) is 4.34. The molecule has 1 aromatic rings. The number of likely N-dealkylation sites (tertiary alicyclic amines) is 1. The van der Waals surface area contributed by atoms with Crippen LogP contribution in [0.4, 0.5) is 0 Å². The molecule has 132 valence electrons. The fraction of sp³-hybridized carbons (Fsp3) is 0.556. The van der Waals surface area contributed by atoms with Crippen LogP contribution in [0.15, 0.2) is 30.3 Å². The molecular weight excluding hydrogens is 306 g/mol. The second-order valence-electron chi connectivity index (χ2n) is 6.14. The van der Waals surface area contributed by atoms with E-state index in [1.165, 1.54) is 7.11 Å². The highest BCUT2D eigenvalue weighted by molar-refractivity contribution is 5.88. The predicted octanol–water partition coefficient (Wildman–Crippen LogP) is 0.700. The van der Waals surface area contributed by atoms with E-state index in [0.717, 1.165) is 31.5 Å². The summed E-state index contributed by atoms with van der Waals surface area (Å²) in [6.45, 7) is 1.81. The van der Waals surface area contributed by atoms with Crippen LogP contribution in [0.1, 0.15) is 24.8 Å². The van der Waals surface area contributed by atoms with Crippen LogP contribution in [-0.4, -0.2) is 55.6 Å². The molecule has 1 aliphatic rings. The van der Waals surface area contributed by atoms with Crippen molar-refractivity contribution in [3.8, 4) is 0 Å². The number of carbonyl (C=O) groups excluding carboxylic acids is 2. The van der Waals surface area contributed by atoms with Crippen molar-refractivity contribution in [2.24, 2.45) is 5.73 Å². The second kappa shape index (κ2) is 9.39. The van der Waals surface area contributed by atoms with Gasteiger partial charge in [0.1, 0.15) is 6.04 Å². The summed E-state index contributed by atoms with van der Waals surface area (Å²) in [7, 11) is 1.53. The summed E-state index contributed by atoms with van der Waals surface area (Å²) in [6, 6.07) is 9.19. The molecule has 1 aliphatic heterocycles. The molecule has 0 bridgehead atoms. The largest absolute Gasteiger partial charge is 0.380 e. The van der Waals surface area contributed by atoms with Gasteiger partial charge in [-0.15, -0.1) is 0 Å². The van der Waals surface area contributed by atoms with Gasteiger partial charge in [-0.05, 0) is 18.4 Å². The van der Waals surface area contributed by atoms with Crippen molar-refractivity contribution in [1.29, 1.82) is 0 Å². The van der Waals surface area contributed by atoms with Gasteiger partial charge in [0.2, 0.25) is 11.8 Å². The highest BCUT2D eigenvalue weighted by Gasteiger charge is 2.28. The first-order valence-corrected chi connectivity index (χ1v) is 8.49. The molecule has 0 spiro atoms. The smallest absolute Gasteiger partial charge is 0.245 e. The summed E-state index contributed by atoms with van der Waals surface area (Å²) in [5, 5.41) is 2.88. The first kappa shape index (κ1) is 18.4. The van der Waals surface area contributed by atoms with E-state index >= 15 is 0 Å². The van der Waals surface area contributed by atoms with E-state index in [4.69, 9.17) is 10.5 Å². The summed E-state index contributed by atoms with van der Waals surface area (Å²) < 4.78 is 5.15. The lowest BCUT2D eigenvalue weighted by Gasteiger charge is -2.25. The Morgan fingerprint density at radius 2 is 1.92 bits per heavy atom. The molecule has 1 heterocycles. The van der Waals surface area contributed by atoms with Gasteiger partial charge in [0.15, 0.2) is 0 Å².